The fourth-order valence-corrected chi connectivity index (χ4v) is 5.29. The van der Waals surface area contributed by atoms with Gasteiger partial charge in [-0.05, 0) is 98.3 Å². The van der Waals surface area contributed by atoms with E-state index in [-0.39, 0.29) is 29.2 Å². The van der Waals surface area contributed by atoms with Gasteiger partial charge in [-0.1, -0.05) is 59.8 Å². The third-order valence-corrected chi connectivity index (χ3v) is 8.50. The molecule has 1 saturated heterocycles. The van der Waals surface area contributed by atoms with E-state index in [4.69, 9.17) is 9.31 Å². The van der Waals surface area contributed by atoms with Crippen molar-refractivity contribution in [3.63, 3.8) is 0 Å². The molecule has 0 radical (unpaired) electrons. The van der Waals surface area contributed by atoms with Gasteiger partial charge < -0.3 is 13.9 Å². The van der Waals surface area contributed by atoms with Gasteiger partial charge in [0.15, 0.2) is 0 Å². The molecule has 36 heavy (non-hydrogen) atoms. The molecule has 0 amide bonds. The summed E-state index contributed by atoms with van der Waals surface area (Å²) >= 11 is 0. The Bertz CT molecular complexity index is 1320. The molecule has 4 heteroatoms. The van der Waals surface area contributed by atoms with Gasteiger partial charge in [-0.25, -0.2) is 0 Å². The minimum atomic E-state index is -0.315. The molecule has 1 fully saturated rings. The van der Waals surface area contributed by atoms with E-state index in [1.807, 2.05) is 0 Å². The lowest BCUT2D eigenvalue weighted by molar-refractivity contribution is 0.00578. The molecule has 0 unspecified atom stereocenters. The van der Waals surface area contributed by atoms with E-state index in [0.29, 0.717) is 0 Å². The van der Waals surface area contributed by atoms with Crippen LogP contribution >= 0.6 is 0 Å². The zero-order valence-corrected chi connectivity index (χ0v) is 23.9. The molecule has 0 spiro atoms. The van der Waals surface area contributed by atoms with E-state index in [2.05, 4.69) is 122 Å². The largest absolute Gasteiger partial charge is 0.490 e. The lowest BCUT2D eigenvalue weighted by atomic mass is 9.73. The van der Waals surface area contributed by atoms with Crippen LogP contribution in [-0.4, -0.2) is 22.9 Å². The van der Waals surface area contributed by atoms with Gasteiger partial charge in [0, 0.05) is 16.5 Å². The van der Waals surface area contributed by atoms with Crippen molar-refractivity contribution in [3.05, 3.63) is 65.1 Å². The van der Waals surface area contributed by atoms with Crippen molar-refractivity contribution in [1.29, 1.82) is 0 Å². The maximum Gasteiger partial charge on any atom is 0.490 e. The first kappa shape index (κ1) is 25.4. The summed E-state index contributed by atoms with van der Waals surface area (Å²) in [5, 5.41) is 2.68. The molecule has 0 atom stereocenters. The minimum Gasteiger partial charge on any atom is -0.400 e. The molecule has 1 aromatic heterocycles. The van der Waals surface area contributed by atoms with E-state index in [9.17, 15) is 0 Å². The molecule has 0 N–H and O–H groups in total. The Labute approximate surface area is 217 Å². The summed E-state index contributed by atoms with van der Waals surface area (Å²) in [7, 11) is -0.269. The van der Waals surface area contributed by atoms with Crippen molar-refractivity contribution >= 4 is 34.6 Å². The van der Waals surface area contributed by atoms with Gasteiger partial charge in [0.1, 0.15) is 0 Å². The van der Waals surface area contributed by atoms with Crippen molar-refractivity contribution in [1.82, 2.24) is 4.57 Å². The summed E-state index contributed by atoms with van der Waals surface area (Å²) in [6, 6.07) is 14.1. The number of hydrogen-bond donors (Lipinski definition) is 0. The van der Waals surface area contributed by atoms with Crippen LogP contribution in [0.4, 0.5) is 0 Å². The molecule has 5 rings (SSSR count). The second-order valence-electron chi connectivity index (χ2n) is 13.8. The first-order chi connectivity index (χ1) is 16.6. The maximum absolute atomic E-state index is 6.33. The van der Waals surface area contributed by atoms with Crippen LogP contribution < -0.4 is 0 Å². The first-order valence-electron chi connectivity index (χ1n) is 13.4. The molecule has 0 bridgehead atoms. The molecular weight excluding hydrogens is 441 g/mol. The fourth-order valence-electron chi connectivity index (χ4n) is 5.29. The molecule has 3 aromatic rings. The number of rotatable bonds is 2. The van der Waals surface area contributed by atoms with Gasteiger partial charge in [-0.3, -0.25) is 0 Å². The van der Waals surface area contributed by atoms with Crippen LogP contribution in [0.15, 0.2) is 54.0 Å². The second kappa shape index (κ2) is 8.10. The highest BCUT2D eigenvalue weighted by Crippen LogP contribution is 2.42. The van der Waals surface area contributed by atoms with Gasteiger partial charge in [-0.15, -0.1) is 0 Å². The Morgan fingerprint density at radius 2 is 1.17 bits per heavy atom. The van der Waals surface area contributed by atoms with Crippen molar-refractivity contribution in [2.24, 2.45) is 0 Å². The highest BCUT2D eigenvalue weighted by molar-refractivity contribution is 6.54. The number of hydrogen-bond acceptors (Lipinski definition) is 2. The van der Waals surface area contributed by atoms with Gasteiger partial charge >= 0.3 is 7.12 Å². The molecule has 2 aromatic carbocycles. The monoisotopic (exact) mass is 483 g/mol. The number of allylic oxidation sites excluding steroid dienone is 4. The molecule has 1 aliphatic heterocycles. The number of nitrogens with zero attached hydrogens (tertiary/aromatic N) is 1. The predicted octanol–water partition coefficient (Wildman–Crippen LogP) is 8.58. The number of benzene rings is 2. The van der Waals surface area contributed by atoms with Crippen molar-refractivity contribution in [2.45, 2.75) is 104 Å². The Balaban J connectivity index is 1.64. The van der Waals surface area contributed by atoms with Gasteiger partial charge in [-0.2, -0.15) is 0 Å². The van der Waals surface area contributed by atoms with Crippen LogP contribution in [0.2, 0.25) is 0 Å². The predicted molar refractivity (Wildman–Crippen MR) is 155 cm³/mol. The van der Waals surface area contributed by atoms with Crippen molar-refractivity contribution in [2.75, 3.05) is 0 Å². The molecule has 1 aliphatic carbocycles. The highest BCUT2D eigenvalue weighted by atomic mass is 16.7. The van der Waals surface area contributed by atoms with Crippen LogP contribution in [0, 0.1) is 0 Å². The summed E-state index contributed by atoms with van der Waals surface area (Å²) in [5.41, 5.74) is 7.43. The summed E-state index contributed by atoms with van der Waals surface area (Å²) in [4.78, 5) is 0. The molecule has 2 aliphatic rings. The summed E-state index contributed by atoms with van der Waals surface area (Å²) in [6.45, 7) is 22.2. The quantitative estimate of drug-likeness (QED) is 0.341. The van der Waals surface area contributed by atoms with Crippen molar-refractivity contribution < 1.29 is 9.31 Å². The molecule has 0 saturated carbocycles. The molecular formula is C32H42BNO2. The van der Waals surface area contributed by atoms with Gasteiger partial charge in [0.05, 0.1) is 22.2 Å². The Morgan fingerprint density at radius 1 is 0.694 bits per heavy atom. The first-order valence-corrected chi connectivity index (χ1v) is 13.4. The Kier molecular flexibility index (Phi) is 5.71. The molecule has 3 nitrogen and oxygen atoms in total. The van der Waals surface area contributed by atoms with E-state index >= 15 is 0 Å². The summed E-state index contributed by atoms with van der Waals surface area (Å²) in [5.74, 6) is 0. The van der Waals surface area contributed by atoms with E-state index < -0.39 is 0 Å². The number of aromatic nitrogens is 1. The summed E-state index contributed by atoms with van der Waals surface area (Å²) in [6.07, 6.45) is 6.39. The topological polar surface area (TPSA) is 23.4 Å². The third kappa shape index (κ3) is 4.17. The van der Waals surface area contributed by atoms with Crippen LogP contribution in [0.5, 0.6) is 0 Å². The second-order valence-corrected chi connectivity index (χ2v) is 13.8. The molecule has 2 heterocycles. The van der Waals surface area contributed by atoms with Crippen LogP contribution in [0.25, 0.3) is 27.5 Å². The SMILES string of the molecule is CC(C)(C)c1ccc2c(c1)c1cc(C(C)(C)C)ccc1n2C1=CC=C(B2OC(C)(C)C(C)(C)O2)CC1. The fraction of sp³-hybridized carbons (Fsp3) is 0.500. The standard InChI is InChI=1S/C32H42BNO2/c1-29(2,3)21-11-17-27-25(19-21)26-20-22(30(4,5)6)12-18-28(26)34(27)24-15-13-23(14-16-24)33-35-31(7,8)32(9,10)36-33/h11-13,15,17-20H,14,16H2,1-10H3. The van der Waals surface area contributed by atoms with Crippen LogP contribution in [0.1, 0.15) is 93.2 Å². The Morgan fingerprint density at radius 3 is 1.56 bits per heavy atom. The van der Waals surface area contributed by atoms with Gasteiger partial charge in [0.25, 0.3) is 0 Å². The third-order valence-electron chi connectivity index (χ3n) is 8.50. The average molecular weight is 484 g/mol. The average Bonchev–Trinajstić information content (AvgIpc) is 3.21. The van der Waals surface area contributed by atoms with Gasteiger partial charge in [0.2, 0.25) is 0 Å². The Hall–Kier alpha value is -2.30. The zero-order valence-electron chi connectivity index (χ0n) is 23.9. The van der Waals surface area contributed by atoms with E-state index in [1.54, 1.807) is 0 Å². The van der Waals surface area contributed by atoms with E-state index in [0.717, 1.165) is 12.8 Å². The van der Waals surface area contributed by atoms with E-state index in [1.165, 1.54) is 44.1 Å². The zero-order chi connectivity index (χ0) is 26.3. The lowest BCUT2D eigenvalue weighted by Gasteiger charge is -2.32. The highest BCUT2D eigenvalue weighted by Gasteiger charge is 2.52. The number of fused-ring (bicyclic) bond motifs is 3. The normalized spacial score (nSPS) is 20.2. The van der Waals surface area contributed by atoms with Crippen molar-refractivity contribution in [3.8, 4) is 0 Å². The maximum atomic E-state index is 6.33. The van der Waals surface area contributed by atoms with Crippen LogP contribution in [0.3, 0.4) is 0 Å². The lowest BCUT2D eigenvalue weighted by Crippen LogP contribution is -2.41. The van der Waals surface area contributed by atoms with Crippen LogP contribution in [-0.2, 0) is 20.1 Å². The molecule has 190 valence electrons. The minimum absolute atomic E-state index is 0.106. The summed E-state index contributed by atoms with van der Waals surface area (Å²) < 4.78 is 15.1. The smallest absolute Gasteiger partial charge is 0.400 e.